The minimum absolute atomic E-state index is 0.791. The Morgan fingerprint density at radius 3 is 1.68 bits per heavy atom. The van der Waals surface area contributed by atoms with Gasteiger partial charge in [-0.15, -0.1) is 0 Å². The van der Waals surface area contributed by atoms with Gasteiger partial charge in [0.05, 0.1) is 0 Å². The second-order valence-corrected chi connectivity index (χ2v) is 9.70. The molecule has 0 atom stereocenters. The van der Waals surface area contributed by atoms with Gasteiger partial charge < -0.3 is 0 Å². The lowest BCUT2D eigenvalue weighted by atomic mass is 9.68. The van der Waals surface area contributed by atoms with E-state index in [2.05, 4.69) is 62.4 Å². The maximum Gasteiger partial charge on any atom is -0.0162 e. The van der Waals surface area contributed by atoms with Crippen molar-refractivity contribution >= 4 is 0 Å². The van der Waals surface area contributed by atoms with E-state index in [1.54, 1.807) is 5.56 Å². The molecule has 2 aliphatic rings. The van der Waals surface area contributed by atoms with Gasteiger partial charge >= 0.3 is 0 Å². The van der Waals surface area contributed by atoms with Crippen LogP contribution in [0.15, 0.2) is 48.5 Å². The molecular formula is C28H38. The summed E-state index contributed by atoms with van der Waals surface area (Å²) in [6.45, 7) is 4.69. The van der Waals surface area contributed by atoms with Gasteiger partial charge in [-0.05, 0) is 90.9 Å². The van der Waals surface area contributed by atoms with Crippen molar-refractivity contribution in [1.29, 1.82) is 0 Å². The van der Waals surface area contributed by atoms with Crippen LogP contribution < -0.4 is 0 Å². The molecule has 0 aromatic heterocycles. The van der Waals surface area contributed by atoms with Gasteiger partial charge in [-0.1, -0.05) is 81.6 Å². The monoisotopic (exact) mass is 374 g/mol. The highest BCUT2D eigenvalue weighted by Crippen LogP contribution is 2.44. The zero-order valence-corrected chi connectivity index (χ0v) is 18.0. The summed E-state index contributed by atoms with van der Waals surface area (Å²) in [5.41, 5.74) is 5.73. The minimum atomic E-state index is 0.791. The molecule has 2 saturated carbocycles. The van der Waals surface area contributed by atoms with E-state index in [-0.39, 0.29) is 0 Å². The lowest BCUT2D eigenvalue weighted by Crippen LogP contribution is -2.24. The molecule has 0 spiro atoms. The van der Waals surface area contributed by atoms with Crippen LogP contribution in [0.4, 0.5) is 0 Å². The lowest BCUT2D eigenvalue weighted by molar-refractivity contribution is 0.165. The van der Waals surface area contributed by atoms with Crippen molar-refractivity contribution in [3.63, 3.8) is 0 Å². The number of hydrogen-bond donors (Lipinski definition) is 0. The van der Waals surface area contributed by atoms with Gasteiger partial charge in [0.25, 0.3) is 0 Å². The van der Waals surface area contributed by atoms with Crippen molar-refractivity contribution in [2.24, 2.45) is 17.8 Å². The van der Waals surface area contributed by atoms with Crippen molar-refractivity contribution in [1.82, 2.24) is 0 Å². The summed E-state index contributed by atoms with van der Waals surface area (Å²) in [6, 6.07) is 18.7. The van der Waals surface area contributed by atoms with Crippen LogP contribution in [0, 0.1) is 17.8 Å². The Morgan fingerprint density at radius 2 is 1.14 bits per heavy atom. The van der Waals surface area contributed by atoms with Crippen LogP contribution in [0.2, 0.25) is 0 Å². The molecule has 0 N–H and O–H groups in total. The fourth-order valence-corrected chi connectivity index (χ4v) is 5.78. The Balaban J connectivity index is 1.33. The third-order valence-corrected chi connectivity index (χ3v) is 7.71. The number of hydrogen-bond acceptors (Lipinski definition) is 0. The molecule has 150 valence electrons. The van der Waals surface area contributed by atoms with Gasteiger partial charge in [0.2, 0.25) is 0 Å². The van der Waals surface area contributed by atoms with E-state index in [9.17, 15) is 0 Å². The van der Waals surface area contributed by atoms with Crippen molar-refractivity contribution in [2.45, 2.75) is 84.0 Å². The van der Waals surface area contributed by atoms with Crippen LogP contribution in [0.25, 0.3) is 11.1 Å². The fourth-order valence-electron chi connectivity index (χ4n) is 5.78. The summed E-state index contributed by atoms with van der Waals surface area (Å²) in [6.07, 6.45) is 14.1. The van der Waals surface area contributed by atoms with Crippen LogP contribution in [0.1, 0.15) is 88.7 Å². The molecule has 0 aliphatic heterocycles. The summed E-state index contributed by atoms with van der Waals surface area (Å²) < 4.78 is 0. The fraction of sp³-hybridized carbons (Fsp3) is 0.571. The van der Waals surface area contributed by atoms with Gasteiger partial charge in [-0.3, -0.25) is 0 Å². The molecule has 0 unspecified atom stereocenters. The first-order chi connectivity index (χ1) is 13.7. The predicted octanol–water partition coefficient (Wildman–Crippen LogP) is 8.41. The van der Waals surface area contributed by atoms with E-state index in [1.165, 1.54) is 80.9 Å². The molecular weight excluding hydrogens is 336 g/mol. The number of aryl methyl sites for hydroxylation is 1. The first-order valence-corrected chi connectivity index (χ1v) is 11.9. The van der Waals surface area contributed by atoms with Gasteiger partial charge in [0.1, 0.15) is 0 Å². The average Bonchev–Trinajstić information content (AvgIpc) is 2.75. The van der Waals surface area contributed by atoms with Crippen molar-refractivity contribution < 1.29 is 0 Å². The molecule has 2 aromatic carbocycles. The second kappa shape index (κ2) is 9.29. The third kappa shape index (κ3) is 4.70. The Morgan fingerprint density at radius 1 is 0.643 bits per heavy atom. The Hall–Kier alpha value is -1.56. The van der Waals surface area contributed by atoms with Crippen LogP contribution in [0.3, 0.4) is 0 Å². The molecule has 0 bridgehead atoms. The van der Waals surface area contributed by atoms with Crippen molar-refractivity contribution in [2.75, 3.05) is 0 Å². The third-order valence-electron chi connectivity index (χ3n) is 7.71. The van der Waals surface area contributed by atoms with E-state index >= 15 is 0 Å². The van der Waals surface area contributed by atoms with Crippen LogP contribution in [0.5, 0.6) is 0 Å². The highest BCUT2D eigenvalue weighted by molar-refractivity contribution is 5.64. The average molecular weight is 375 g/mol. The normalized spacial score (nSPS) is 28.2. The molecule has 28 heavy (non-hydrogen) atoms. The zero-order valence-electron chi connectivity index (χ0n) is 18.0. The number of benzene rings is 2. The molecule has 0 nitrogen and oxygen atoms in total. The molecule has 0 amide bonds. The van der Waals surface area contributed by atoms with Crippen molar-refractivity contribution in [3.05, 3.63) is 59.7 Å². The molecule has 2 fully saturated rings. The van der Waals surface area contributed by atoms with E-state index in [4.69, 9.17) is 0 Å². The molecule has 4 rings (SSSR count). The van der Waals surface area contributed by atoms with Gasteiger partial charge in [0.15, 0.2) is 0 Å². The maximum absolute atomic E-state index is 2.44. The highest BCUT2D eigenvalue weighted by atomic mass is 14.4. The molecule has 0 heteroatoms. The summed E-state index contributed by atoms with van der Waals surface area (Å²) in [7, 11) is 0. The summed E-state index contributed by atoms with van der Waals surface area (Å²) in [5, 5.41) is 0. The summed E-state index contributed by atoms with van der Waals surface area (Å²) in [4.78, 5) is 0. The Labute approximate surface area is 172 Å². The summed E-state index contributed by atoms with van der Waals surface area (Å²) in [5.74, 6) is 3.83. The largest absolute Gasteiger partial charge is 0.0651 e. The first kappa shape index (κ1) is 19.7. The van der Waals surface area contributed by atoms with Gasteiger partial charge in [-0.2, -0.15) is 0 Å². The summed E-state index contributed by atoms with van der Waals surface area (Å²) >= 11 is 0. The number of rotatable bonds is 5. The lowest BCUT2D eigenvalue weighted by Gasteiger charge is -2.37. The minimum Gasteiger partial charge on any atom is -0.0651 e. The van der Waals surface area contributed by atoms with E-state index in [0.29, 0.717) is 0 Å². The van der Waals surface area contributed by atoms with Crippen LogP contribution in [-0.4, -0.2) is 0 Å². The molecule has 0 radical (unpaired) electrons. The van der Waals surface area contributed by atoms with E-state index < -0.39 is 0 Å². The molecule has 0 saturated heterocycles. The highest BCUT2D eigenvalue weighted by Gasteiger charge is 2.30. The van der Waals surface area contributed by atoms with Gasteiger partial charge in [0, 0.05) is 0 Å². The Kier molecular flexibility index (Phi) is 6.55. The van der Waals surface area contributed by atoms with Crippen LogP contribution in [-0.2, 0) is 6.42 Å². The van der Waals surface area contributed by atoms with Gasteiger partial charge in [-0.25, -0.2) is 0 Å². The zero-order chi connectivity index (χ0) is 19.3. The Bertz CT molecular complexity index is 708. The first-order valence-electron chi connectivity index (χ1n) is 11.9. The van der Waals surface area contributed by atoms with E-state index in [0.717, 1.165) is 23.7 Å². The maximum atomic E-state index is 2.44. The smallest absolute Gasteiger partial charge is 0.0162 e. The van der Waals surface area contributed by atoms with E-state index in [1.807, 2.05) is 0 Å². The van der Waals surface area contributed by atoms with Crippen molar-refractivity contribution in [3.8, 4) is 11.1 Å². The quantitative estimate of drug-likeness (QED) is 0.493. The second-order valence-electron chi connectivity index (χ2n) is 9.70. The SMILES string of the molecule is CCCc1ccc(-c2ccc(C3CCC(C4CCC(C)CC4)CC3)cc2)cc1. The molecule has 0 heterocycles. The standard InChI is InChI=1S/C28H38/c1-3-4-22-7-11-24(12-8-22)26-15-19-28(20-16-26)27-17-13-25(14-18-27)23-9-5-21(2)6-10-23/h7-8,11-12,15-16,19-21,23,25,27H,3-6,9-10,13-14,17-18H2,1-2H3. The molecule has 2 aromatic rings. The van der Waals surface area contributed by atoms with Crippen LogP contribution >= 0.6 is 0 Å². The molecule has 2 aliphatic carbocycles. The predicted molar refractivity (Wildman–Crippen MR) is 122 cm³/mol. The topological polar surface area (TPSA) is 0 Å².